The van der Waals surface area contributed by atoms with E-state index in [1.54, 1.807) is 30.3 Å². The Labute approximate surface area is 175 Å². The number of imide groups is 1. The first-order chi connectivity index (χ1) is 14.6. The maximum atomic E-state index is 13.4. The number of carbonyl (C=O) groups is 3. The molecule has 2 aromatic carbocycles. The Morgan fingerprint density at radius 1 is 1.10 bits per heavy atom. The molecule has 0 aromatic heterocycles. The minimum atomic E-state index is -1.67. The summed E-state index contributed by atoms with van der Waals surface area (Å²) < 4.78 is 10.9. The van der Waals surface area contributed by atoms with Crippen LogP contribution in [0.2, 0.25) is 0 Å². The standard InChI is InChI=1S/C23H24N2O5/c1-2-13-30-22(28)23(16-29-14-18-9-5-3-6-10-18)15-24-17-25(21(23)27)20(26)19-11-7-4-8-12-19/h2-12,24H,1,13-17H2. The Hall–Kier alpha value is -3.29. The van der Waals surface area contributed by atoms with E-state index in [1.807, 2.05) is 30.3 Å². The number of rotatable bonds is 8. The van der Waals surface area contributed by atoms with Crippen molar-refractivity contribution in [3.05, 3.63) is 84.4 Å². The summed E-state index contributed by atoms with van der Waals surface area (Å²) in [7, 11) is 0. The number of amides is 2. The van der Waals surface area contributed by atoms with E-state index in [-0.39, 0.29) is 33.0 Å². The fourth-order valence-electron chi connectivity index (χ4n) is 3.21. The van der Waals surface area contributed by atoms with Gasteiger partial charge in [0.1, 0.15) is 6.61 Å². The molecule has 1 N–H and O–H groups in total. The summed E-state index contributed by atoms with van der Waals surface area (Å²) in [5.41, 5.74) is -0.408. The summed E-state index contributed by atoms with van der Waals surface area (Å²) in [4.78, 5) is 40.2. The number of nitrogens with one attached hydrogen (secondary N) is 1. The first kappa shape index (κ1) is 21.4. The van der Waals surface area contributed by atoms with Gasteiger partial charge < -0.3 is 9.47 Å². The predicted octanol–water partition coefficient (Wildman–Crippen LogP) is 2.15. The largest absolute Gasteiger partial charge is 0.461 e. The molecule has 1 aliphatic rings. The van der Waals surface area contributed by atoms with Gasteiger partial charge in [-0.2, -0.15) is 0 Å². The van der Waals surface area contributed by atoms with Crippen LogP contribution in [0.4, 0.5) is 0 Å². The van der Waals surface area contributed by atoms with Crippen molar-refractivity contribution in [2.75, 3.05) is 26.4 Å². The van der Waals surface area contributed by atoms with E-state index in [9.17, 15) is 14.4 Å². The molecule has 1 unspecified atom stereocenters. The highest BCUT2D eigenvalue weighted by Gasteiger charge is 2.53. The van der Waals surface area contributed by atoms with Crippen molar-refractivity contribution in [1.82, 2.24) is 10.2 Å². The van der Waals surface area contributed by atoms with Crippen molar-refractivity contribution in [1.29, 1.82) is 0 Å². The highest BCUT2D eigenvalue weighted by atomic mass is 16.5. The number of benzene rings is 2. The normalized spacial score (nSPS) is 18.7. The molecule has 3 rings (SSSR count). The molecule has 0 radical (unpaired) electrons. The van der Waals surface area contributed by atoms with Crippen LogP contribution in [0.3, 0.4) is 0 Å². The first-order valence-corrected chi connectivity index (χ1v) is 9.60. The van der Waals surface area contributed by atoms with Gasteiger partial charge in [0, 0.05) is 12.1 Å². The van der Waals surface area contributed by atoms with Crippen LogP contribution in [-0.4, -0.2) is 49.1 Å². The van der Waals surface area contributed by atoms with E-state index in [4.69, 9.17) is 9.47 Å². The summed E-state index contributed by atoms with van der Waals surface area (Å²) in [6.45, 7) is 3.50. The van der Waals surface area contributed by atoms with Crippen molar-refractivity contribution in [2.45, 2.75) is 6.61 Å². The van der Waals surface area contributed by atoms with Gasteiger partial charge in [-0.1, -0.05) is 61.2 Å². The van der Waals surface area contributed by atoms with Crippen LogP contribution in [0.15, 0.2) is 73.3 Å². The zero-order valence-electron chi connectivity index (χ0n) is 16.6. The monoisotopic (exact) mass is 408 g/mol. The summed E-state index contributed by atoms with van der Waals surface area (Å²) in [6, 6.07) is 17.8. The van der Waals surface area contributed by atoms with Crippen LogP contribution in [0.25, 0.3) is 0 Å². The second-order valence-electron chi connectivity index (χ2n) is 6.94. The van der Waals surface area contributed by atoms with Gasteiger partial charge in [0.25, 0.3) is 11.8 Å². The van der Waals surface area contributed by atoms with Gasteiger partial charge in [0.05, 0.1) is 19.9 Å². The maximum absolute atomic E-state index is 13.4. The number of hydrogen-bond acceptors (Lipinski definition) is 6. The van der Waals surface area contributed by atoms with Gasteiger partial charge in [-0.05, 0) is 17.7 Å². The molecule has 2 aromatic rings. The Bertz CT molecular complexity index is 900. The molecule has 7 nitrogen and oxygen atoms in total. The zero-order chi connectivity index (χ0) is 21.4. The van der Waals surface area contributed by atoms with E-state index in [1.165, 1.54) is 6.08 Å². The van der Waals surface area contributed by atoms with Gasteiger partial charge >= 0.3 is 5.97 Å². The third kappa shape index (κ3) is 4.64. The maximum Gasteiger partial charge on any atom is 0.325 e. The van der Waals surface area contributed by atoms with Gasteiger partial charge in [0.2, 0.25) is 0 Å². The average Bonchev–Trinajstić information content (AvgIpc) is 2.79. The van der Waals surface area contributed by atoms with E-state index in [2.05, 4.69) is 11.9 Å². The smallest absolute Gasteiger partial charge is 0.325 e. The quantitative estimate of drug-likeness (QED) is 0.312. The molecule has 1 atom stereocenters. The third-order valence-electron chi connectivity index (χ3n) is 4.80. The number of esters is 1. The van der Waals surface area contributed by atoms with Gasteiger partial charge in [-0.3, -0.25) is 24.6 Å². The van der Waals surface area contributed by atoms with Gasteiger partial charge in [-0.25, -0.2) is 0 Å². The molecule has 0 saturated carbocycles. The number of ether oxygens (including phenoxy) is 2. The number of hydrogen-bond donors (Lipinski definition) is 1. The molecule has 1 saturated heterocycles. The average molecular weight is 408 g/mol. The molecule has 1 heterocycles. The second-order valence-corrected chi connectivity index (χ2v) is 6.94. The van der Waals surface area contributed by atoms with Crippen LogP contribution in [0.5, 0.6) is 0 Å². The number of nitrogens with zero attached hydrogens (tertiary/aromatic N) is 1. The molecule has 0 aliphatic carbocycles. The van der Waals surface area contributed by atoms with Gasteiger partial charge in [0.15, 0.2) is 5.41 Å². The third-order valence-corrected chi connectivity index (χ3v) is 4.80. The SMILES string of the molecule is C=CCOC(=O)C1(COCc2ccccc2)CNCN(C(=O)c2ccccc2)C1=O. The lowest BCUT2D eigenvalue weighted by molar-refractivity contribution is -0.171. The molecule has 1 aliphatic heterocycles. The first-order valence-electron chi connectivity index (χ1n) is 9.60. The van der Waals surface area contributed by atoms with E-state index < -0.39 is 23.2 Å². The van der Waals surface area contributed by atoms with Crippen LogP contribution in [-0.2, 0) is 25.7 Å². The molecule has 7 heteroatoms. The molecule has 30 heavy (non-hydrogen) atoms. The topological polar surface area (TPSA) is 84.9 Å². The molecule has 1 fully saturated rings. The van der Waals surface area contributed by atoms with E-state index in [0.29, 0.717) is 5.56 Å². The second kappa shape index (κ2) is 9.96. The minimum absolute atomic E-state index is 0.00172. The van der Waals surface area contributed by atoms with Crippen molar-refractivity contribution in [3.63, 3.8) is 0 Å². The lowest BCUT2D eigenvalue weighted by Gasteiger charge is -2.39. The summed E-state index contributed by atoms with van der Waals surface area (Å²) in [5.74, 6) is -1.88. The Balaban J connectivity index is 1.82. The van der Waals surface area contributed by atoms with Crippen LogP contribution in [0.1, 0.15) is 15.9 Å². The highest BCUT2D eigenvalue weighted by molar-refractivity contribution is 6.13. The van der Waals surface area contributed by atoms with Crippen LogP contribution < -0.4 is 5.32 Å². The summed E-state index contributed by atoms with van der Waals surface area (Å²) >= 11 is 0. The van der Waals surface area contributed by atoms with Crippen molar-refractivity contribution >= 4 is 17.8 Å². The fourth-order valence-corrected chi connectivity index (χ4v) is 3.21. The molecular weight excluding hydrogens is 384 g/mol. The summed E-state index contributed by atoms with van der Waals surface area (Å²) in [6.07, 6.45) is 1.42. The lowest BCUT2D eigenvalue weighted by atomic mass is 9.85. The molecule has 0 bridgehead atoms. The van der Waals surface area contributed by atoms with Crippen LogP contribution >= 0.6 is 0 Å². The zero-order valence-corrected chi connectivity index (χ0v) is 16.6. The Morgan fingerprint density at radius 2 is 1.77 bits per heavy atom. The molecule has 0 spiro atoms. The highest BCUT2D eigenvalue weighted by Crippen LogP contribution is 2.27. The Kier molecular flexibility index (Phi) is 7.11. The van der Waals surface area contributed by atoms with Crippen molar-refractivity contribution < 1.29 is 23.9 Å². The van der Waals surface area contributed by atoms with Crippen molar-refractivity contribution in [2.24, 2.45) is 5.41 Å². The predicted molar refractivity (Wildman–Crippen MR) is 110 cm³/mol. The van der Waals surface area contributed by atoms with E-state index >= 15 is 0 Å². The Morgan fingerprint density at radius 3 is 2.43 bits per heavy atom. The van der Waals surface area contributed by atoms with E-state index in [0.717, 1.165) is 10.5 Å². The molecule has 2 amide bonds. The lowest BCUT2D eigenvalue weighted by Crippen LogP contribution is -2.64. The van der Waals surface area contributed by atoms with Crippen molar-refractivity contribution in [3.8, 4) is 0 Å². The van der Waals surface area contributed by atoms with Gasteiger partial charge in [-0.15, -0.1) is 0 Å². The number of carbonyl (C=O) groups excluding carboxylic acids is 3. The minimum Gasteiger partial charge on any atom is -0.461 e. The molecule has 156 valence electrons. The summed E-state index contributed by atoms with van der Waals surface area (Å²) in [5, 5.41) is 2.99. The fraction of sp³-hybridized carbons (Fsp3) is 0.261. The van der Waals surface area contributed by atoms with Crippen LogP contribution in [0, 0.1) is 5.41 Å². The molecular formula is C23H24N2O5.